The van der Waals surface area contributed by atoms with Crippen molar-refractivity contribution in [3.05, 3.63) is 65.6 Å². The van der Waals surface area contributed by atoms with E-state index >= 15 is 0 Å². The van der Waals surface area contributed by atoms with E-state index < -0.39 is 0 Å². The Hall–Kier alpha value is -2.42. The highest BCUT2D eigenvalue weighted by molar-refractivity contribution is 5.78. The molecule has 0 saturated carbocycles. The molecule has 2 aromatic heterocycles. The fourth-order valence-corrected chi connectivity index (χ4v) is 2.15. The van der Waals surface area contributed by atoms with Crippen LogP contribution in [0, 0.1) is 6.92 Å². The summed E-state index contributed by atoms with van der Waals surface area (Å²) in [7, 11) is 0. The summed E-state index contributed by atoms with van der Waals surface area (Å²) < 4.78 is 0. The second-order valence-electron chi connectivity index (χ2n) is 4.72. The molecule has 0 fully saturated rings. The van der Waals surface area contributed by atoms with Crippen molar-refractivity contribution in [2.24, 2.45) is 0 Å². The van der Waals surface area contributed by atoms with Crippen LogP contribution < -0.4 is 5.73 Å². The van der Waals surface area contributed by atoms with E-state index in [-0.39, 0.29) is 0 Å². The van der Waals surface area contributed by atoms with Crippen LogP contribution in [0.4, 0.5) is 5.69 Å². The van der Waals surface area contributed by atoms with E-state index in [1.54, 1.807) is 0 Å². The van der Waals surface area contributed by atoms with Gasteiger partial charge >= 0.3 is 0 Å². The molecular weight excluding hydrogens is 234 g/mol. The van der Waals surface area contributed by atoms with Gasteiger partial charge in [-0.2, -0.15) is 0 Å². The molecule has 3 aromatic rings. The lowest BCUT2D eigenvalue weighted by Gasteiger charge is -2.06. The summed E-state index contributed by atoms with van der Waals surface area (Å²) in [5.74, 6) is 0. The highest BCUT2D eigenvalue weighted by atomic mass is 14.8. The van der Waals surface area contributed by atoms with Gasteiger partial charge in [-0.1, -0.05) is 24.3 Å². The maximum atomic E-state index is 5.99. The smallest absolute Gasteiger partial charge is 0.0705 e. The van der Waals surface area contributed by atoms with Crippen LogP contribution in [0.25, 0.3) is 10.9 Å². The summed E-state index contributed by atoms with van der Waals surface area (Å²) in [6, 6.07) is 14.2. The first-order valence-corrected chi connectivity index (χ1v) is 6.28. The minimum Gasteiger partial charge on any atom is -0.397 e. The summed E-state index contributed by atoms with van der Waals surface area (Å²) >= 11 is 0. The fourth-order valence-electron chi connectivity index (χ4n) is 2.15. The third kappa shape index (κ3) is 2.40. The average molecular weight is 249 g/mol. The minimum absolute atomic E-state index is 0.664. The third-order valence-corrected chi connectivity index (χ3v) is 3.15. The molecule has 0 aliphatic heterocycles. The quantitative estimate of drug-likeness (QED) is 0.759. The van der Waals surface area contributed by atoms with Crippen LogP contribution >= 0.6 is 0 Å². The van der Waals surface area contributed by atoms with Gasteiger partial charge < -0.3 is 5.73 Å². The number of hydrogen-bond donors (Lipinski definition) is 1. The van der Waals surface area contributed by atoms with Crippen molar-refractivity contribution in [1.82, 2.24) is 9.97 Å². The van der Waals surface area contributed by atoms with E-state index in [1.165, 1.54) is 0 Å². The summed E-state index contributed by atoms with van der Waals surface area (Å²) in [4.78, 5) is 9.03. The Morgan fingerprint density at radius 1 is 1.11 bits per heavy atom. The number of nitrogen functional groups attached to an aromatic ring is 1. The summed E-state index contributed by atoms with van der Waals surface area (Å²) in [6.07, 6.45) is 2.50. The molecule has 19 heavy (non-hydrogen) atoms. The zero-order chi connectivity index (χ0) is 13.2. The topological polar surface area (TPSA) is 51.8 Å². The summed E-state index contributed by atoms with van der Waals surface area (Å²) in [6.45, 7) is 1.99. The van der Waals surface area contributed by atoms with Gasteiger partial charge in [0.25, 0.3) is 0 Å². The molecule has 0 radical (unpaired) electrons. The standard InChI is InChI=1S/C16H15N3/c1-11-8-14(17)16(18-10-11)9-13-7-6-12-4-2-3-5-15(12)19-13/h2-8,10H,9,17H2,1H3. The molecule has 0 unspecified atom stereocenters. The van der Waals surface area contributed by atoms with E-state index in [0.717, 1.165) is 33.5 Å². The van der Waals surface area contributed by atoms with Gasteiger partial charge in [0.1, 0.15) is 0 Å². The Labute approximate surface area is 112 Å². The Morgan fingerprint density at radius 2 is 1.95 bits per heavy atom. The molecule has 1 aromatic carbocycles. The maximum Gasteiger partial charge on any atom is 0.0705 e. The predicted molar refractivity (Wildman–Crippen MR) is 77.9 cm³/mol. The fraction of sp³-hybridized carbons (Fsp3) is 0.125. The number of benzene rings is 1. The van der Waals surface area contributed by atoms with Crippen LogP contribution in [0.3, 0.4) is 0 Å². The summed E-state index contributed by atoms with van der Waals surface area (Å²) in [5, 5.41) is 1.15. The Bertz CT molecular complexity index is 735. The van der Waals surface area contributed by atoms with Crippen LogP contribution in [0.2, 0.25) is 0 Å². The van der Waals surface area contributed by atoms with Crippen molar-refractivity contribution in [2.45, 2.75) is 13.3 Å². The van der Waals surface area contributed by atoms with E-state index in [0.29, 0.717) is 6.42 Å². The molecule has 0 atom stereocenters. The highest BCUT2D eigenvalue weighted by Crippen LogP contribution is 2.17. The average Bonchev–Trinajstić information content (AvgIpc) is 2.42. The van der Waals surface area contributed by atoms with Gasteiger partial charge in [0.15, 0.2) is 0 Å². The molecule has 0 spiro atoms. The molecule has 2 heterocycles. The molecule has 94 valence electrons. The molecule has 3 rings (SSSR count). The zero-order valence-electron chi connectivity index (χ0n) is 10.8. The van der Waals surface area contributed by atoms with Gasteiger partial charge in [-0.3, -0.25) is 9.97 Å². The first-order chi connectivity index (χ1) is 9.22. The van der Waals surface area contributed by atoms with Gasteiger partial charge in [-0.25, -0.2) is 0 Å². The van der Waals surface area contributed by atoms with Crippen molar-refractivity contribution < 1.29 is 0 Å². The van der Waals surface area contributed by atoms with Crippen LogP contribution in [-0.2, 0) is 6.42 Å². The lowest BCUT2D eigenvalue weighted by molar-refractivity contribution is 1.02. The van der Waals surface area contributed by atoms with Crippen molar-refractivity contribution in [3.8, 4) is 0 Å². The monoisotopic (exact) mass is 249 g/mol. The Morgan fingerprint density at radius 3 is 2.79 bits per heavy atom. The molecule has 0 aliphatic rings. The molecule has 0 amide bonds. The van der Waals surface area contributed by atoms with Crippen molar-refractivity contribution in [1.29, 1.82) is 0 Å². The van der Waals surface area contributed by atoms with Gasteiger partial charge in [0.2, 0.25) is 0 Å². The van der Waals surface area contributed by atoms with E-state index in [1.807, 2.05) is 43.5 Å². The maximum absolute atomic E-state index is 5.99. The molecule has 0 bridgehead atoms. The van der Waals surface area contributed by atoms with E-state index in [9.17, 15) is 0 Å². The van der Waals surface area contributed by atoms with Gasteiger partial charge in [0.05, 0.1) is 16.9 Å². The molecule has 0 aliphatic carbocycles. The number of fused-ring (bicyclic) bond motifs is 1. The van der Waals surface area contributed by atoms with Crippen molar-refractivity contribution >= 4 is 16.6 Å². The minimum atomic E-state index is 0.664. The molecule has 3 nitrogen and oxygen atoms in total. The van der Waals surface area contributed by atoms with Gasteiger partial charge in [-0.05, 0) is 30.7 Å². The zero-order valence-corrected chi connectivity index (χ0v) is 10.8. The number of anilines is 1. The Kier molecular flexibility index (Phi) is 2.88. The number of nitrogens with zero attached hydrogens (tertiary/aromatic N) is 2. The third-order valence-electron chi connectivity index (χ3n) is 3.15. The summed E-state index contributed by atoms with van der Waals surface area (Å²) in [5.41, 5.74) is 10.7. The second kappa shape index (κ2) is 4.69. The van der Waals surface area contributed by atoms with Crippen molar-refractivity contribution in [3.63, 3.8) is 0 Å². The number of nitrogens with two attached hydrogens (primary N) is 1. The van der Waals surface area contributed by atoms with Gasteiger partial charge in [-0.15, -0.1) is 0 Å². The lowest BCUT2D eigenvalue weighted by Crippen LogP contribution is -2.01. The molecular formula is C16H15N3. The van der Waals surface area contributed by atoms with Gasteiger partial charge in [0, 0.05) is 23.7 Å². The first-order valence-electron chi connectivity index (χ1n) is 6.28. The first kappa shape index (κ1) is 11.7. The van der Waals surface area contributed by atoms with Crippen LogP contribution in [0.1, 0.15) is 17.0 Å². The second-order valence-corrected chi connectivity index (χ2v) is 4.72. The molecule has 0 saturated heterocycles. The predicted octanol–water partition coefficient (Wildman–Crippen LogP) is 3.11. The molecule has 3 heteroatoms. The number of aromatic nitrogens is 2. The molecule has 2 N–H and O–H groups in total. The largest absolute Gasteiger partial charge is 0.397 e. The number of hydrogen-bond acceptors (Lipinski definition) is 3. The van der Waals surface area contributed by atoms with Crippen LogP contribution in [0.5, 0.6) is 0 Å². The van der Waals surface area contributed by atoms with E-state index in [4.69, 9.17) is 5.73 Å². The number of rotatable bonds is 2. The van der Waals surface area contributed by atoms with Crippen LogP contribution in [-0.4, -0.2) is 9.97 Å². The number of aryl methyl sites for hydroxylation is 1. The number of pyridine rings is 2. The Balaban J connectivity index is 1.96. The lowest BCUT2D eigenvalue weighted by atomic mass is 10.1. The normalized spacial score (nSPS) is 10.8. The highest BCUT2D eigenvalue weighted by Gasteiger charge is 2.05. The van der Waals surface area contributed by atoms with Crippen molar-refractivity contribution in [2.75, 3.05) is 5.73 Å². The van der Waals surface area contributed by atoms with Crippen LogP contribution in [0.15, 0.2) is 48.7 Å². The SMILES string of the molecule is Cc1cnc(Cc2ccc3ccccc3n2)c(N)c1. The van der Waals surface area contributed by atoms with E-state index in [2.05, 4.69) is 22.1 Å². The number of para-hydroxylation sites is 1.